The Balaban J connectivity index is 1.80. The highest BCUT2D eigenvalue weighted by atomic mass is 16.6. The fourth-order valence-electron chi connectivity index (χ4n) is 7.57. The minimum Gasteiger partial charge on any atom is -0.465 e. The van der Waals surface area contributed by atoms with E-state index in [9.17, 15) is 19.5 Å². The monoisotopic (exact) mass is 566 g/mol. The van der Waals surface area contributed by atoms with Gasteiger partial charge in [-0.25, -0.2) is 0 Å². The molecule has 2 bridgehead atoms. The number of anilines is 1. The molecule has 2 amide bonds. The number of allylic oxidation sites excluding steroid dienone is 1. The normalized spacial score (nSPS) is 30.7. The van der Waals surface area contributed by atoms with Gasteiger partial charge in [-0.3, -0.25) is 14.4 Å². The second-order valence-electron chi connectivity index (χ2n) is 12.1. The van der Waals surface area contributed by atoms with Crippen molar-refractivity contribution >= 4 is 23.5 Å². The molecule has 1 N–H and O–H groups in total. The predicted molar refractivity (Wildman–Crippen MR) is 158 cm³/mol. The van der Waals surface area contributed by atoms with Crippen LogP contribution in [-0.2, 0) is 23.9 Å². The number of carbonyl (C=O) groups is 3. The molecule has 8 heteroatoms. The van der Waals surface area contributed by atoms with Crippen LogP contribution < -0.4 is 4.90 Å². The molecule has 41 heavy (non-hydrogen) atoms. The van der Waals surface area contributed by atoms with Crippen LogP contribution in [0.5, 0.6) is 0 Å². The van der Waals surface area contributed by atoms with Crippen LogP contribution in [-0.4, -0.2) is 70.8 Å². The number of para-hydroxylation sites is 1. The number of likely N-dealkylation sites (tertiary alicyclic amines) is 1. The number of carbonyl (C=O) groups excluding carboxylic acids is 3. The molecule has 7 atom stereocenters. The van der Waals surface area contributed by atoms with E-state index in [2.05, 4.69) is 13.2 Å². The average molecular weight is 567 g/mol. The van der Waals surface area contributed by atoms with Crippen molar-refractivity contribution in [3.63, 3.8) is 0 Å². The van der Waals surface area contributed by atoms with E-state index in [1.54, 1.807) is 11.0 Å². The Morgan fingerprint density at radius 1 is 1.24 bits per heavy atom. The zero-order chi connectivity index (χ0) is 30.1. The summed E-state index contributed by atoms with van der Waals surface area (Å²) in [5, 5.41) is 10.4. The highest BCUT2D eigenvalue weighted by Gasteiger charge is 2.80. The number of nitrogens with zero attached hydrogens (tertiary/aromatic N) is 2. The molecule has 3 heterocycles. The number of aliphatic hydroxyl groups is 1. The molecule has 224 valence electrons. The van der Waals surface area contributed by atoms with Gasteiger partial charge in [-0.1, -0.05) is 44.2 Å². The summed E-state index contributed by atoms with van der Waals surface area (Å²) < 4.78 is 12.6. The van der Waals surface area contributed by atoms with E-state index in [0.717, 1.165) is 29.7 Å². The molecule has 4 rings (SSSR count). The number of ether oxygens (including phenoxy) is 2. The largest absolute Gasteiger partial charge is 0.465 e. The molecule has 3 aliphatic rings. The van der Waals surface area contributed by atoms with Crippen LogP contribution in [0, 0.1) is 31.6 Å². The van der Waals surface area contributed by atoms with E-state index >= 15 is 0 Å². The van der Waals surface area contributed by atoms with Crippen LogP contribution in [0.1, 0.15) is 64.0 Å². The van der Waals surface area contributed by atoms with Gasteiger partial charge in [0.1, 0.15) is 17.6 Å². The molecule has 0 radical (unpaired) electrons. The van der Waals surface area contributed by atoms with Gasteiger partial charge in [0.25, 0.3) is 5.91 Å². The Morgan fingerprint density at radius 3 is 2.51 bits per heavy atom. The zero-order valence-corrected chi connectivity index (χ0v) is 25.2. The lowest BCUT2D eigenvalue weighted by molar-refractivity contribution is -0.162. The number of amides is 2. The third-order valence-electron chi connectivity index (χ3n) is 9.65. The summed E-state index contributed by atoms with van der Waals surface area (Å²) in [6.07, 6.45) is 6.80. The molecule has 3 aliphatic heterocycles. The van der Waals surface area contributed by atoms with E-state index in [4.69, 9.17) is 9.47 Å². The van der Waals surface area contributed by atoms with Gasteiger partial charge in [0, 0.05) is 12.2 Å². The van der Waals surface area contributed by atoms with Gasteiger partial charge in [-0.05, 0) is 69.9 Å². The van der Waals surface area contributed by atoms with Gasteiger partial charge < -0.3 is 24.4 Å². The number of esters is 1. The molecule has 3 fully saturated rings. The quantitative estimate of drug-likeness (QED) is 0.215. The summed E-state index contributed by atoms with van der Waals surface area (Å²) in [6.45, 7) is 17.5. The highest BCUT2D eigenvalue weighted by molar-refractivity contribution is 6.05. The number of unbranched alkanes of at least 4 members (excludes halogenated alkanes) is 2. The number of fused-ring (bicyclic) bond motifs is 1. The van der Waals surface area contributed by atoms with Gasteiger partial charge in [-0.2, -0.15) is 0 Å². The minimum atomic E-state index is -1.21. The van der Waals surface area contributed by atoms with Gasteiger partial charge in [0.05, 0.1) is 30.8 Å². The first-order valence-electron chi connectivity index (χ1n) is 14.9. The zero-order valence-electron chi connectivity index (χ0n) is 25.2. The topological polar surface area (TPSA) is 96.4 Å². The van der Waals surface area contributed by atoms with Crippen LogP contribution in [0.2, 0.25) is 0 Å². The lowest BCUT2D eigenvalue weighted by Crippen LogP contribution is -2.59. The summed E-state index contributed by atoms with van der Waals surface area (Å²) in [6, 6.07) is 4.25. The fraction of sp³-hybridized carbons (Fsp3) is 0.606. The van der Waals surface area contributed by atoms with Crippen molar-refractivity contribution in [3.05, 3.63) is 54.6 Å². The van der Waals surface area contributed by atoms with Crippen LogP contribution in [0.15, 0.2) is 43.5 Å². The van der Waals surface area contributed by atoms with Crippen molar-refractivity contribution in [2.75, 3.05) is 24.7 Å². The van der Waals surface area contributed by atoms with Crippen molar-refractivity contribution < 1.29 is 29.0 Å². The number of benzene rings is 1. The Morgan fingerprint density at radius 2 is 1.93 bits per heavy atom. The van der Waals surface area contributed by atoms with E-state index in [-0.39, 0.29) is 37.5 Å². The molecule has 3 unspecified atom stereocenters. The lowest BCUT2D eigenvalue weighted by atomic mass is 9.62. The number of hydrogen-bond acceptors (Lipinski definition) is 6. The molecule has 3 saturated heterocycles. The second-order valence-corrected chi connectivity index (χ2v) is 12.1. The lowest BCUT2D eigenvalue weighted by Gasteiger charge is -2.40. The SMILES string of the molecule is C=CCCCCOC(=O)[C@H]1[C@H]2C(=O)N([C@@H](CC)CO)C(C(=O)N(CC=C)c3c(C)cccc3C)C23CC(C)[C@]1(C)O3. The predicted octanol–water partition coefficient (Wildman–Crippen LogP) is 4.50. The number of hydrogen-bond donors (Lipinski definition) is 1. The van der Waals surface area contributed by atoms with Crippen LogP contribution >= 0.6 is 0 Å². The molecule has 1 aromatic carbocycles. The van der Waals surface area contributed by atoms with Gasteiger partial charge in [0.2, 0.25) is 5.91 Å². The highest BCUT2D eigenvalue weighted by Crippen LogP contribution is 2.65. The third kappa shape index (κ3) is 4.93. The van der Waals surface area contributed by atoms with E-state index in [1.807, 2.05) is 58.9 Å². The molecule has 1 aromatic rings. The number of aryl methyl sites for hydroxylation is 2. The molecular weight excluding hydrogens is 520 g/mol. The van der Waals surface area contributed by atoms with Crippen molar-refractivity contribution in [2.45, 2.75) is 90.0 Å². The van der Waals surface area contributed by atoms with E-state index < -0.39 is 41.1 Å². The van der Waals surface area contributed by atoms with Gasteiger partial charge >= 0.3 is 5.97 Å². The van der Waals surface area contributed by atoms with Crippen LogP contribution in [0.3, 0.4) is 0 Å². The number of rotatable bonds is 13. The Labute approximate surface area is 244 Å². The summed E-state index contributed by atoms with van der Waals surface area (Å²) in [5.74, 6) is -2.89. The first kappa shape index (κ1) is 31.0. The maximum atomic E-state index is 14.8. The molecular formula is C33H46N2O6. The summed E-state index contributed by atoms with van der Waals surface area (Å²) >= 11 is 0. The molecule has 8 nitrogen and oxygen atoms in total. The Bertz CT molecular complexity index is 1170. The first-order valence-corrected chi connectivity index (χ1v) is 14.9. The smallest absolute Gasteiger partial charge is 0.312 e. The maximum absolute atomic E-state index is 14.8. The summed E-state index contributed by atoms with van der Waals surface area (Å²) in [5.41, 5.74) is 0.451. The fourth-order valence-corrected chi connectivity index (χ4v) is 7.57. The standard InChI is InChI=1S/C33H46N2O6/c1-8-11-12-13-18-40-31(39)26-25-29(37)35(24(10-3)20-36)28(33(25)19-23(6)32(26,7)41-33)30(38)34(17-9-2)27-21(4)15-14-16-22(27)5/h8-9,14-16,23-26,28,36H,1-2,10-13,17-20H2,3-7H3/t23?,24-,25-,26+,28?,32-,33?/m0/s1. The number of aliphatic hydroxyl groups excluding tert-OH is 1. The minimum absolute atomic E-state index is 0.0950. The summed E-state index contributed by atoms with van der Waals surface area (Å²) in [7, 11) is 0. The maximum Gasteiger partial charge on any atom is 0.312 e. The van der Waals surface area contributed by atoms with Gasteiger partial charge in [0.15, 0.2) is 0 Å². The molecule has 1 spiro atoms. The van der Waals surface area contributed by atoms with Crippen molar-refractivity contribution in [1.82, 2.24) is 4.90 Å². The third-order valence-corrected chi connectivity index (χ3v) is 9.65. The average Bonchev–Trinajstić information content (AvgIpc) is 3.45. The van der Waals surface area contributed by atoms with E-state index in [0.29, 0.717) is 19.3 Å². The van der Waals surface area contributed by atoms with Crippen molar-refractivity contribution in [1.29, 1.82) is 0 Å². The summed E-state index contributed by atoms with van der Waals surface area (Å²) in [4.78, 5) is 46.1. The van der Waals surface area contributed by atoms with Crippen LogP contribution in [0.4, 0.5) is 5.69 Å². The second kappa shape index (κ2) is 12.1. The molecule has 0 aliphatic carbocycles. The Hall–Kier alpha value is -2.97. The van der Waals surface area contributed by atoms with Crippen molar-refractivity contribution in [2.24, 2.45) is 17.8 Å². The van der Waals surface area contributed by atoms with Crippen LogP contribution in [0.25, 0.3) is 0 Å². The molecule has 0 saturated carbocycles. The van der Waals surface area contributed by atoms with Gasteiger partial charge in [-0.15, -0.1) is 13.2 Å². The first-order chi connectivity index (χ1) is 19.5. The molecule has 0 aromatic heterocycles. The van der Waals surface area contributed by atoms with Crippen molar-refractivity contribution in [3.8, 4) is 0 Å². The van der Waals surface area contributed by atoms with E-state index in [1.165, 1.54) is 4.90 Å². The Kier molecular flexibility index (Phi) is 9.14.